The second-order valence-electron chi connectivity index (χ2n) is 4.37. The maximum atomic E-state index is 4.67. The summed E-state index contributed by atoms with van der Waals surface area (Å²) in [6.45, 7) is 4.26. The van der Waals surface area contributed by atoms with Crippen LogP contribution in [0.15, 0.2) is 28.7 Å². The molecule has 2 nitrogen and oxygen atoms in total. The van der Waals surface area contributed by atoms with Gasteiger partial charge in [-0.2, -0.15) is 0 Å². The fraction of sp³-hybridized carbons (Fsp3) is 0.357. The summed E-state index contributed by atoms with van der Waals surface area (Å²) in [5.74, 6) is 0. The first kappa shape index (κ1) is 13.7. The van der Waals surface area contributed by atoms with Crippen LogP contribution in [0, 0.1) is 6.92 Å². The Bertz CT molecular complexity index is 536. The smallest absolute Gasteiger partial charge is 0.0975 e. The van der Waals surface area contributed by atoms with Crippen molar-refractivity contribution in [1.82, 2.24) is 10.3 Å². The molecule has 1 heterocycles. The van der Waals surface area contributed by atoms with Crippen molar-refractivity contribution in [1.29, 1.82) is 0 Å². The van der Waals surface area contributed by atoms with Crippen molar-refractivity contribution in [3.63, 3.8) is 0 Å². The zero-order chi connectivity index (χ0) is 13.1. The van der Waals surface area contributed by atoms with Crippen LogP contribution in [0.3, 0.4) is 0 Å². The van der Waals surface area contributed by atoms with E-state index in [1.54, 1.807) is 11.3 Å². The van der Waals surface area contributed by atoms with E-state index in [2.05, 4.69) is 58.3 Å². The summed E-state index contributed by atoms with van der Waals surface area (Å²) in [7, 11) is 1.98. The lowest BCUT2D eigenvalue weighted by Gasteiger charge is -2.06. The predicted molar refractivity (Wildman–Crippen MR) is 81.3 cm³/mol. The molecule has 0 amide bonds. The van der Waals surface area contributed by atoms with Crippen molar-refractivity contribution in [3.05, 3.63) is 49.9 Å². The summed E-state index contributed by atoms with van der Waals surface area (Å²) >= 11 is 5.31. The number of thiazole rings is 1. The highest BCUT2D eigenvalue weighted by atomic mass is 79.9. The van der Waals surface area contributed by atoms with E-state index in [1.165, 1.54) is 15.4 Å². The Hall–Kier alpha value is -0.710. The Kier molecular flexibility index (Phi) is 4.54. The van der Waals surface area contributed by atoms with Gasteiger partial charge in [0.1, 0.15) is 0 Å². The van der Waals surface area contributed by atoms with Crippen LogP contribution in [0.4, 0.5) is 0 Å². The highest BCUT2D eigenvalue weighted by Gasteiger charge is 2.12. The second-order valence-corrected chi connectivity index (χ2v) is 6.41. The van der Waals surface area contributed by atoms with E-state index < -0.39 is 0 Å². The standard InChI is InChI=1S/C14H17BrN2S/c1-9(16-3)14-10(2)17-13(18-14)8-11-5-4-6-12(15)7-11/h4-7,9,16H,8H2,1-3H3. The van der Waals surface area contributed by atoms with E-state index in [0.717, 1.165) is 16.6 Å². The average Bonchev–Trinajstić information content (AvgIpc) is 2.69. The number of nitrogens with one attached hydrogen (secondary N) is 1. The Balaban J connectivity index is 2.20. The number of benzene rings is 1. The maximum absolute atomic E-state index is 4.67. The van der Waals surface area contributed by atoms with Gasteiger partial charge < -0.3 is 5.32 Å². The van der Waals surface area contributed by atoms with Crippen LogP contribution >= 0.6 is 27.3 Å². The summed E-state index contributed by atoms with van der Waals surface area (Å²) in [5.41, 5.74) is 2.44. The minimum Gasteiger partial charge on any atom is -0.312 e. The van der Waals surface area contributed by atoms with Gasteiger partial charge in [0.2, 0.25) is 0 Å². The van der Waals surface area contributed by atoms with Gasteiger partial charge in [-0.1, -0.05) is 28.1 Å². The minimum atomic E-state index is 0.374. The van der Waals surface area contributed by atoms with Crippen LogP contribution in [0.2, 0.25) is 0 Å². The van der Waals surface area contributed by atoms with Gasteiger partial charge in [0.05, 0.1) is 10.7 Å². The maximum Gasteiger partial charge on any atom is 0.0975 e. The predicted octanol–water partition coefficient (Wildman–Crippen LogP) is 4.09. The van der Waals surface area contributed by atoms with Gasteiger partial charge >= 0.3 is 0 Å². The first-order valence-electron chi connectivity index (χ1n) is 5.98. The van der Waals surface area contributed by atoms with Crippen LogP contribution in [0.25, 0.3) is 0 Å². The van der Waals surface area contributed by atoms with Crippen molar-refractivity contribution in [2.24, 2.45) is 0 Å². The normalized spacial score (nSPS) is 12.7. The molecule has 2 aromatic rings. The first-order valence-corrected chi connectivity index (χ1v) is 7.59. The van der Waals surface area contributed by atoms with Crippen LogP contribution < -0.4 is 5.32 Å². The molecule has 0 aliphatic carbocycles. The molecule has 18 heavy (non-hydrogen) atoms. The number of hydrogen-bond acceptors (Lipinski definition) is 3. The van der Waals surface area contributed by atoms with E-state index in [1.807, 2.05) is 13.1 Å². The molecule has 0 bridgehead atoms. The summed E-state index contributed by atoms with van der Waals surface area (Å²) in [4.78, 5) is 6.00. The van der Waals surface area contributed by atoms with Crippen molar-refractivity contribution < 1.29 is 0 Å². The number of aryl methyl sites for hydroxylation is 1. The zero-order valence-corrected chi connectivity index (χ0v) is 13.2. The molecule has 1 unspecified atom stereocenters. The average molecular weight is 325 g/mol. The van der Waals surface area contributed by atoms with Gasteiger partial charge in [0.15, 0.2) is 0 Å². The molecule has 0 saturated heterocycles. The molecule has 0 spiro atoms. The summed E-state index contributed by atoms with van der Waals surface area (Å²) in [6.07, 6.45) is 0.904. The largest absolute Gasteiger partial charge is 0.312 e. The molecular formula is C14H17BrN2S. The van der Waals surface area contributed by atoms with E-state index in [9.17, 15) is 0 Å². The van der Waals surface area contributed by atoms with Crippen molar-refractivity contribution in [2.75, 3.05) is 7.05 Å². The molecule has 0 aliphatic rings. The number of aromatic nitrogens is 1. The van der Waals surface area contributed by atoms with Gasteiger partial charge in [0, 0.05) is 21.8 Å². The number of rotatable bonds is 4. The molecule has 0 fully saturated rings. The quantitative estimate of drug-likeness (QED) is 0.916. The number of hydrogen-bond donors (Lipinski definition) is 1. The zero-order valence-electron chi connectivity index (χ0n) is 10.8. The van der Waals surface area contributed by atoms with Crippen molar-refractivity contribution in [3.8, 4) is 0 Å². The fourth-order valence-corrected chi connectivity index (χ4v) is 3.51. The molecule has 0 saturated carbocycles. The fourth-order valence-electron chi connectivity index (χ4n) is 1.90. The van der Waals surface area contributed by atoms with Crippen molar-refractivity contribution in [2.45, 2.75) is 26.3 Å². The molecule has 1 aromatic heterocycles. The third kappa shape index (κ3) is 3.19. The molecule has 1 N–H and O–H groups in total. The molecule has 1 atom stereocenters. The third-order valence-electron chi connectivity index (χ3n) is 2.95. The Labute approximate surface area is 121 Å². The van der Waals surface area contributed by atoms with E-state index in [0.29, 0.717) is 6.04 Å². The first-order chi connectivity index (χ1) is 8.60. The summed E-state index contributed by atoms with van der Waals surface area (Å²) in [6, 6.07) is 8.78. The molecule has 4 heteroatoms. The molecule has 2 rings (SSSR count). The minimum absolute atomic E-state index is 0.374. The Morgan fingerprint density at radius 2 is 2.22 bits per heavy atom. The molecule has 96 valence electrons. The van der Waals surface area contributed by atoms with Gasteiger partial charge in [0.25, 0.3) is 0 Å². The van der Waals surface area contributed by atoms with Crippen LogP contribution in [0.1, 0.15) is 34.1 Å². The van der Waals surface area contributed by atoms with Gasteiger partial charge in [-0.15, -0.1) is 11.3 Å². The van der Waals surface area contributed by atoms with E-state index >= 15 is 0 Å². The van der Waals surface area contributed by atoms with Crippen LogP contribution in [0.5, 0.6) is 0 Å². The van der Waals surface area contributed by atoms with Gasteiger partial charge in [-0.25, -0.2) is 4.98 Å². The Morgan fingerprint density at radius 3 is 2.89 bits per heavy atom. The van der Waals surface area contributed by atoms with Gasteiger partial charge in [-0.05, 0) is 38.6 Å². The summed E-state index contributed by atoms with van der Waals surface area (Å²) < 4.78 is 1.12. The van der Waals surface area contributed by atoms with E-state index in [4.69, 9.17) is 0 Å². The Morgan fingerprint density at radius 1 is 1.44 bits per heavy atom. The third-order valence-corrected chi connectivity index (χ3v) is 4.78. The highest BCUT2D eigenvalue weighted by molar-refractivity contribution is 9.10. The molecular weight excluding hydrogens is 308 g/mol. The highest BCUT2D eigenvalue weighted by Crippen LogP contribution is 2.26. The number of nitrogens with zero attached hydrogens (tertiary/aromatic N) is 1. The second kappa shape index (κ2) is 5.95. The van der Waals surface area contributed by atoms with E-state index in [-0.39, 0.29) is 0 Å². The lowest BCUT2D eigenvalue weighted by Crippen LogP contribution is -2.11. The lowest BCUT2D eigenvalue weighted by molar-refractivity contribution is 0.658. The molecule has 0 aliphatic heterocycles. The molecule has 0 radical (unpaired) electrons. The monoisotopic (exact) mass is 324 g/mol. The topological polar surface area (TPSA) is 24.9 Å². The SMILES string of the molecule is CNC(C)c1sc(Cc2cccc(Br)c2)nc1C. The summed E-state index contributed by atoms with van der Waals surface area (Å²) in [5, 5.41) is 4.45. The van der Waals surface area contributed by atoms with Crippen LogP contribution in [-0.2, 0) is 6.42 Å². The molecule has 1 aromatic carbocycles. The van der Waals surface area contributed by atoms with Crippen LogP contribution in [-0.4, -0.2) is 12.0 Å². The van der Waals surface area contributed by atoms with Gasteiger partial charge in [-0.3, -0.25) is 0 Å². The van der Waals surface area contributed by atoms with Crippen molar-refractivity contribution >= 4 is 27.3 Å². The lowest BCUT2D eigenvalue weighted by atomic mass is 10.2. The number of halogens is 1.